The first-order chi connectivity index (χ1) is 10.3. The Bertz CT molecular complexity index is 751. The highest BCUT2D eigenvalue weighted by atomic mass is 32.2. The predicted molar refractivity (Wildman–Crippen MR) is 81.3 cm³/mol. The smallest absolute Gasteiger partial charge is 0.244 e. The van der Waals surface area contributed by atoms with Crippen molar-refractivity contribution < 1.29 is 22.7 Å². The van der Waals surface area contributed by atoms with E-state index in [0.29, 0.717) is 11.5 Å². The van der Waals surface area contributed by atoms with Gasteiger partial charge in [-0.2, -0.15) is 0 Å². The van der Waals surface area contributed by atoms with Crippen LogP contribution in [0, 0.1) is 13.8 Å². The Morgan fingerprint density at radius 1 is 1.27 bits per heavy atom. The van der Waals surface area contributed by atoms with Gasteiger partial charge in [-0.05, 0) is 43.7 Å². The monoisotopic (exact) mass is 325 g/mol. The maximum absolute atomic E-state index is 12.4. The maximum atomic E-state index is 12.4. The van der Waals surface area contributed by atoms with Crippen LogP contribution in [0.4, 0.5) is 0 Å². The molecule has 0 saturated carbocycles. The van der Waals surface area contributed by atoms with E-state index in [9.17, 15) is 13.5 Å². The quantitative estimate of drug-likeness (QED) is 0.847. The highest BCUT2D eigenvalue weighted by molar-refractivity contribution is 7.89. The third-order valence-electron chi connectivity index (χ3n) is 3.16. The van der Waals surface area contributed by atoms with E-state index in [0.717, 1.165) is 5.56 Å². The van der Waals surface area contributed by atoms with Crippen LogP contribution in [-0.4, -0.2) is 27.2 Å². The second-order valence-corrected chi connectivity index (χ2v) is 6.71. The first-order valence-corrected chi connectivity index (χ1v) is 8.20. The van der Waals surface area contributed by atoms with E-state index in [4.69, 9.17) is 9.15 Å². The van der Waals surface area contributed by atoms with Gasteiger partial charge in [0.05, 0.1) is 7.11 Å². The lowest BCUT2D eigenvalue weighted by atomic mass is 10.2. The fourth-order valence-electron chi connectivity index (χ4n) is 1.99. The topological polar surface area (TPSA) is 88.8 Å². The van der Waals surface area contributed by atoms with Crippen LogP contribution >= 0.6 is 0 Å². The molecule has 2 rings (SSSR count). The van der Waals surface area contributed by atoms with Crippen LogP contribution in [-0.2, 0) is 10.0 Å². The largest absolute Gasteiger partial charge is 0.495 e. The Morgan fingerprint density at radius 2 is 2.00 bits per heavy atom. The third-order valence-corrected chi connectivity index (χ3v) is 4.61. The lowest BCUT2D eigenvalue weighted by molar-refractivity contribution is 0.152. The Kier molecular flexibility index (Phi) is 4.90. The first-order valence-electron chi connectivity index (χ1n) is 6.72. The van der Waals surface area contributed by atoms with Gasteiger partial charge in [-0.25, -0.2) is 13.1 Å². The van der Waals surface area contributed by atoms with Crippen LogP contribution in [0.15, 0.2) is 39.6 Å². The molecule has 0 bridgehead atoms. The summed E-state index contributed by atoms with van der Waals surface area (Å²) >= 11 is 0. The number of hydrogen-bond donors (Lipinski definition) is 2. The van der Waals surface area contributed by atoms with Crippen molar-refractivity contribution in [3.8, 4) is 5.75 Å². The number of benzene rings is 1. The fourth-order valence-corrected chi connectivity index (χ4v) is 3.28. The molecule has 0 saturated heterocycles. The fraction of sp³-hybridized carbons (Fsp3) is 0.333. The van der Waals surface area contributed by atoms with Crippen LogP contribution in [0.2, 0.25) is 0 Å². The number of aliphatic hydroxyl groups excluding tert-OH is 1. The highest BCUT2D eigenvalue weighted by Gasteiger charge is 2.22. The van der Waals surface area contributed by atoms with Gasteiger partial charge in [-0.1, -0.05) is 6.07 Å². The highest BCUT2D eigenvalue weighted by Crippen LogP contribution is 2.25. The molecule has 0 spiro atoms. The summed E-state index contributed by atoms with van der Waals surface area (Å²) in [5.74, 6) is 1.22. The minimum Gasteiger partial charge on any atom is -0.495 e. The number of sulfonamides is 1. The van der Waals surface area contributed by atoms with E-state index in [1.54, 1.807) is 38.1 Å². The number of hydrogen-bond acceptors (Lipinski definition) is 5. The Labute approximate surface area is 129 Å². The van der Waals surface area contributed by atoms with Crippen LogP contribution < -0.4 is 9.46 Å². The second-order valence-electron chi connectivity index (χ2n) is 4.97. The molecule has 1 heterocycles. The minimum absolute atomic E-state index is 0.0397. The molecular formula is C15H19NO5S. The average molecular weight is 325 g/mol. The van der Waals surface area contributed by atoms with E-state index in [-0.39, 0.29) is 17.2 Å². The van der Waals surface area contributed by atoms with Crippen molar-refractivity contribution in [1.29, 1.82) is 0 Å². The number of ether oxygens (including phenoxy) is 1. The summed E-state index contributed by atoms with van der Waals surface area (Å²) in [6.07, 6.45) is -1.06. The van der Waals surface area contributed by atoms with Crippen LogP contribution in [0.3, 0.4) is 0 Å². The van der Waals surface area contributed by atoms with E-state index in [1.165, 1.54) is 13.2 Å². The summed E-state index contributed by atoms with van der Waals surface area (Å²) in [4.78, 5) is 0.0397. The SMILES string of the molecule is COc1ccc(C)cc1S(=O)(=O)NCC(O)c1ccc(C)o1. The average Bonchev–Trinajstić information content (AvgIpc) is 2.91. The van der Waals surface area contributed by atoms with E-state index >= 15 is 0 Å². The summed E-state index contributed by atoms with van der Waals surface area (Å²) in [7, 11) is -2.39. The number of nitrogens with one attached hydrogen (secondary N) is 1. The van der Waals surface area contributed by atoms with Gasteiger partial charge in [0, 0.05) is 6.54 Å². The van der Waals surface area contributed by atoms with Gasteiger partial charge in [0.2, 0.25) is 10.0 Å². The molecule has 1 atom stereocenters. The molecule has 120 valence electrons. The van der Waals surface area contributed by atoms with Crippen LogP contribution in [0.5, 0.6) is 5.75 Å². The molecule has 0 fully saturated rings. The zero-order chi connectivity index (χ0) is 16.3. The molecule has 22 heavy (non-hydrogen) atoms. The van der Waals surface area contributed by atoms with Crippen molar-refractivity contribution in [3.63, 3.8) is 0 Å². The molecule has 0 aliphatic carbocycles. The van der Waals surface area contributed by atoms with Crippen molar-refractivity contribution in [2.45, 2.75) is 24.8 Å². The Morgan fingerprint density at radius 3 is 2.59 bits per heavy atom. The molecule has 1 aromatic heterocycles. The molecule has 1 aromatic carbocycles. The molecular weight excluding hydrogens is 306 g/mol. The molecule has 2 aromatic rings. The van der Waals surface area contributed by atoms with E-state index in [2.05, 4.69) is 4.72 Å². The number of furan rings is 1. The predicted octanol–water partition coefficient (Wildman–Crippen LogP) is 1.92. The second kappa shape index (κ2) is 6.51. The molecule has 0 aliphatic rings. The molecule has 7 heteroatoms. The normalized spacial score (nSPS) is 13.1. The lowest BCUT2D eigenvalue weighted by Crippen LogP contribution is -2.28. The minimum atomic E-state index is -3.80. The summed E-state index contributed by atoms with van der Waals surface area (Å²) in [6, 6.07) is 8.19. The third kappa shape index (κ3) is 3.68. The van der Waals surface area contributed by atoms with Crippen molar-refractivity contribution in [2.75, 3.05) is 13.7 Å². The first kappa shape index (κ1) is 16.5. The van der Waals surface area contributed by atoms with Gasteiger partial charge < -0.3 is 14.3 Å². The molecule has 0 aliphatic heterocycles. The van der Waals surface area contributed by atoms with Gasteiger partial charge in [-0.3, -0.25) is 0 Å². The number of aryl methyl sites for hydroxylation is 2. The molecule has 1 unspecified atom stereocenters. The van der Waals surface area contributed by atoms with Gasteiger partial charge in [0.15, 0.2) is 0 Å². The van der Waals surface area contributed by atoms with Gasteiger partial charge in [-0.15, -0.1) is 0 Å². The molecule has 0 radical (unpaired) electrons. The maximum Gasteiger partial charge on any atom is 0.244 e. The number of methoxy groups -OCH3 is 1. The molecule has 2 N–H and O–H groups in total. The zero-order valence-corrected chi connectivity index (χ0v) is 13.5. The summed E-state index contributed by atoms with van der Waals surface area (Å²) in [5.41, 5.74) is 0.795. The van der Waals surface area contributed by atoms with Gasteiger partial charge in [0.1, 0.15) is 28.3 Å². The zero-order valence-electron chi connectivity index (χ0n) is 12.7. The van der Waals surface area contributed by atoms with Crippen LogP contribution in [0.25, 0.3) is 0 Å². The van der Waals surface area contributed by atoms with Crippen molar-refractivity contribution in [2.24, 2.45) is 0 Å². The van der Waals surface area contributed by atoms with Gasteiger partial charge in [0.25, 0.3) is 0 Å². The summed E-state index contributed by atoms with van der Waals surface area (Å²) < 4.78 is 37.5. The van der Waals surface area contributed by atoms with E-state index < -0.39 is 16.1 Å². The number of rotatable bonds is 6. The molecule has 6 nitrogen and oxygen atoms in total. The van der Waals surface area contributed by atoms with Crippen molar-refractivity contribution in [1.82, 2.24) is 4.72 Å². The molecule has 0 amide bonds. The van der Waals surface area contributed by atoms with Crippen molar-refractivity contribution >= 4 is 10.0 Å². The number of aliphatic hydroxyl groups is 1. The summed E-state index contributed by atoms with van der Waals surface area (Å²) in [6.45, 7) is 3.35. The van der Waals surface area contributed by atoms with E-state index in [1.807, 2.05) is 0 Å². The lowest BCUT2D eigenvalue weighted by Gasteiger charge is -2.13. The summed E-state index contributed by atoms with van der Waals surface area (Å²) in [5, 5.41) is 9.97. The van der Waals surface area contributed by atoms with Gasteiger partial charge >= 0.3 is 0 Å². The Hall–Kier alpha value is -1.83. The van der Waals surface area contributed by atoms with Crippen molar-refractivity contribution in [3.05, 3.63) is 47.4 Å². The Balaban J connectivity index is 2.16. The standard InChI is InChI=1S/C15H19NO5S/c1-10-4-6-14(20-3)15(8-10)22(18,19)16-9-12(17)13-7-5-11(2)21-13/h4-8,12,16-17H,9H2,1-3H3. The van der Waals surface area contributed by atoms with Crippen LogP contribution in [0.1, 0.15) is 23.2 Å².